The third-order valence-corrected chi connectivity index (χ3v) is 6.93. The maximum absolute atomic E-state index is 12.7. The minimum atomic E-state index is 0.286. The largest absolute Gasteiger partial charge is 0.353 e. The van der Waals surface area contributed by atoms with Gasteiger partial charge < -0.3 is 5.32 Å². The topological polar surface area (TPSA) is 32.3 Å². The maximum Gasteiger partial charge on any atom is 0.223 e. The van der Waals surface area contributed by atoms with Crippen molar-refractivity contribution in [2.75, 3.05) is 0 Å². The van der Waals surface area contributed by atoms with Crippen molar-refractivity contribution in [3.63, 3.8) is 0 Å². The molecule has 1 amide bonds. The van der Waals surface area contributed by atoms with Crippen LogP contribution in [0.15, 0.2) is 24.3 Å². The monoisotopic (exact) mass is 354 g/mol. The second kappa shape index (κ2) is 8.12. The van der Waals surface area contributed by atoms with Gasteiger partial charge in [-0.3, -0.25) is 9.69 Å². The lowest BCUT2D eigenvalue weighted by atomic mass is 9.81. The lowest BCUT2D eigenvalue weighted by molar-refractivity contribution is -0.127. The average Bonchev–Trinajstić information content (AvgIpc) is 2.65. The van der Waals surface area contributed by atoms with Crippen LogP contribution in [0.5, 0.6) is 0 Å². The molecule has 1 saturated carbocycles. The van der Waals surface area contributed by atoms with Crippen molar-refractivity contribution >= 4 is 5.91 Å². The van der Waals surface area contributed by atoms with Gasteiger partial charge in [0.2, 0.25) is 5.91 Å². The normalized spacial score (nSPS) is 30.1. The Morgan fingerprint density at radius 2 is 1.62 bits per heavy atom. The summed E-state index contributed by atoms with van der Waals surface area (Å²) in [7, 11) is 0. The Morgan fingerprint density at radius 3 is 2.27 bits per heavy atom. The molecular formula is C23H34N2O. The van der Waals surface area contributed by atoms with Crippen LogP contribution < -0.4 is 5.32 Å². The molecule has 1 aromatic carbocycles. The summed E-state index contributed by atoms with van der Waals surface area (Å²) in [4.78, 5) is 15.4. The number of rotatable bonds is 4. The van der Waals surface area contributed by atoms with E-state index in [9.17, 15) is 4.79 Å². The van der Waals surface area contributed by atoms with Gasteiger partial charge in [-0.15, -0.1) is 0 Å². The van der Waals surface area contributed by atoms with Crippen molar-refractivity contribution in [3.05, 3.63) is 35.4 Å². The average molecular weight is 355 g/mol. The van der Waals surface area contributed by atoms with E-state index in [1.807, 2.05) is 0 Å². The molecule has 3 heteroatoms. The lowest BCUT2D eigenvalue weighted by Gasteiger charge is -2.49. The molecule has 0 aromatic heterocycles. The molecular weight excluding hydrogens is 320 g/mol. The highest BCUT2D eigenvalue weighted by molar-refractivity contribution is 5.79. The Bertz CT molecular complexity index is 591. The number of carbonyl (C=O) groups excluding carboxylic acids is 1. The van der Waals surface area contributed by atoms with Gasteiger partial charge in [0.15, 0.2) is 0 Å². The highest BCUT2D eigenvalue weighted by atomic mass is 16.1. The molecule has 3 nitrogen and oxygen atoms in total. The second-order valence-electron chi connectivity index (χ2n) is 8.91. The van der Waals surface area contributed by atoms with Gasteiger partial charge in [-0.05, 0) is 51.0 Å². The molecule has 3 fully saturated rings. The van der Waals surface area contributed by atoms with Gasteiger partial charge in [-0.2, -0.15) is 0 Å². The number of nitrogens with one attached hydrogen (secondary N) is 1. The summed E-state index contributed by atoms with van der Waals surface area (Å²) in [6, 6.07) is 10.7. The van der Waals surface area contributed by atoms with Gasteiger partial charge in [-0.25, -0.2) is 0 Å². The van der Waals surface area contributed by atoms with Gasteiger partial charge in [-0.1, -0.05) is 55.5 Å². The number of aryl methyl sites for hydroxylation is 1. The van der Waals surface area contributed by atoms with E-state index in [4.69, 9.17) is 0 Å². The predicted octanol–water partition coefficient (Wildman–Crippen LogP) is 4.58. The van der Waals surface area contributed by atoms with Crippen LogP contribution in [0.4, 0.5) is 0 Å². The van der Waals surface area contributed by atoms with Crippen LogP contribution in [0.1, 0.15) is 75.3 Å². The Balaban J connectivity index is 1.36. The standard InChI is InChI=1S/C23H34N2O/c1-17-10-12-18(13-11-17)16-25-21-8-5-9-22(25)15-20(14-21)24-23(26)19-6-3-2-4-7-19/h10-13,19-22H,2-9,14-16H2,1H3,(H,24,26). The Hall–Kier alpha value is -1.35. The molecule has 142 valence electrons. The third-order valence-electron chi connectivity index (χ3n) is 6.93. The zero-order chi connectivity index (χ0) is 17.9. The first-order valence-corrected chi connectivity index (χ1v) is 10.8. The molecule has 2 aliphatic heterocycles. The molecule has 0 radical (unpaired) electrons. The molecule has 0 spiro atoms. The van der Waals surface area contributed by atoms with Crippen LogP contribution in [0.2, 0.25) is 0 Å². The zero-order valence-electron chi connectivity index (χ0n) is 16.3. The minimum absolute atomic E-state index is 0.286. The van der Waals surface area contributed by atoms with Gasteiger partial charge in [0.1, 0.15) is 0 Å². The van der Waals surface area contributed by atoms with Gasteiger partial charge >= 0.3 is 0 Å². The number of benzene rings is 1. The molecule has 2 bridgehead atoms. The number of amides is 1. The van der Waals surface area contributed by atoms with Crippen LogP contribution in [-0.4, -0.2) is 28.9 Å². The predicted molar refractivity (Wildman–Crippen MR) is 106 cm³/mol. The molecule has 2 atom stereocenters. The summed E-state index contributed by atoms with van der Waals surface area (Å²) in [5.41, 5.74) is 2.76. The Kier molecular flexibility index (Phi) is 5.63. The van der Waals surface area contributed by atoms with Crippen LogP contribution in [0.25, 0.3) is 0 Å². The second-order valence-corrected chi connectivity index (χ2v) is 8.91. The minimum Gasteiger partial charge on any atom is -0.353 e. The molecule has 1 aliphatic carbocycles. The summed E-state index contributed by atoms with van der Waals surface area (Å²) in [6.07, 6.45) is 12.2. The molecule has 26 heavy (non-hydrogen) atoms. The summed E-state index contributed by atoms with van der Waals surface area (Å²) < 4.78 is 0. The fourth-order valence-electron chi connectivity index (χ4n) is 5.44. The van der Waals surface area contributed by atoms with E-state index in [2.05, 4.69) is 41.4 Å². The number of carbonyl (C=O) groups is 1. The van der Waals surface area contributed by atoms with Crippen molar-refractivity contribution in [1.29, 1.82) is 0 Å². The van der Waals surface area contributed by atoms with Crippen LogP contribution in [0.3, 0.4) is 0 Å². The van der Waals surface area contributed by atoms with E-state index in [1.54, 1.807) is 0 Å². The van der Waals surface area contributed by atoms with Crippen molar-refractivity contribution in [1.82, 2.24) is 10.2 Å². The number of hydrogen-bond acceptors (Lipinski definition) is 2. The SMILES string of the molecule is Cc1ccc(CN2C3CCCC2CC(NC(=O)C2CCCCC2)C3)cc1. The Morgan fingerprint density at radius 1 is 0.962 bits per heavy atom. The first-order chi connectivity index (χ1) is 12.7. The van der Waals surface area contributed by atoms with Crippen molar-refractivity contribution in [2.24, 2.45) is 5.92 Å². The number of nitrogens with zero attached hydrogens (tertiary/aromatic N) is 1. The summed E-state index contributed by atoms with van der Waals surface area (Å²) in [5, 5.41) is 3.44. The molecule has 1 N–H and O–H groups in total. The van der Waals surface area contributed by atoms with E-state index >= 15 is 0 Å². The third kappa shape index (κ3) is 4.14. The van der Waals surface area contributed by atoms with Gasteiger partial charge in [0.25, 0.3) is 0 Å². The summed E-state index contributed by atoms with van der Waals surface area (Å²) in [6.45, 7) is 3.22. The first-order valence-electron chi connectivity index (χ1n) is 10.8. The molecule has 3 aliphatic rings. The summed E-state index contributed by atoms with van der Waals surface area (Å²) >= 11 is 0. The Labute approximate surface area is 158 Å². The van der Waals surface area contributed by atoms with Crippen molar-refractivity contribution in [2.45, 2.75) is 95.8 Å². The van der Waals surface area contributed by atoms with E-state index in [1.165, 1.54) is 49.7 Å². The van der Waals surface area contributed by atoms with E-state index in [-0.39, 0.29) is 5.92 Å². The fourth-order valence-corrected chi connectivity index (χ4v) is 5.44. The van der Waals surface area contributed by atoms with Crippen LogP contribution >= 0.6 is 0 Å². The zero-order valence-corrected chi connectivity index (χ0v) is 16.3. The van der Waals surface area contributed by atoms with Gasteiger partial charge in [0.05, 0.1) is 0 Å². The molecule has 1 aromatic rings. The smallest absolute Gasteiger partial charge is 0.223 e. The number of hydrogen-bond donors (Lipinski definition) is 1. The molecule has 4 rings (SSSR count). The highest BCUT2D eigenvalue weighted by Gasteiger charge is 2.39. The van der Waals surface area contributed by atoms with E-state index < -0.39 is 0 Å². The molecule has 2 unspecified atom stereocenters. The van der Waals surface area contributed by atoms with E-state index in [0.29, 0.717) is 24.0 Å². The quantitative estimate of drug-likeness (QED) is 0.858. The maximum atomic E-state index is 12.7. The molecule has 2 saturated heterocycles. The first kappa shape index (κ1) is 18.0. The van der Waals surface area contributed by atoms with Gasteiger partial charge in [0, 0.05) is 30.6 Å². The van der Waals surface area contributed by atoms with Crippen LogP contribution in [0, 0.1) is 12.8 Å². The van der Waals surface area contributed by atoms with Crippen LogP contribution in [-0.2, 0) is 11.3 Å². The highest BCUT2D eigenvalue weighted by Crippen LogP contribution is 2.35. The number of piperidine rings is 2. The van der Waals surface area contributed by atoms with Crippen molar-refractivity contribution < 1.29 is 4.79 Å². The number of fused-ring (bicyclic) bond motifs is 2. The molecule has 2 heterocycles. The summed E-state index contributed by atoms with van der Waals surface area (Å²) in [5.74, 6) is 0.633. The van der Waals surface area contributed by atoms with Crippen molar-refractivity contribution in [3.8, 4) is 0 Å². The fraction of sp³-hybridized carbons (Fsp3) is 0.696. The lowest BCUT2D eigenvalue weighted by Crippen LogP contribution is -2.57. The van der Waals surface area contributed by atoms with E-state index in [0.717, 1.165) is 32.2 Å².